The van der Waals surface area contributed by atoms with Gasteiger partial charge < -0.3 is 5.32 Å². The summed E-state index contributed by atoms with van der Waals surface area (Å²) >= 11 is 0. The van der Waals surface area contributed by atoms with Gasteiger partial charge in [0, 0.05) is 18.9 Å². The van der Waals surface area contributed by atoms with Gasteiger partial charge in [0.2, 0.25) is 5.92 Å². The molecule has 116 valence electrons. The van der Waals surface area contributed by atoms with Crippen LogP contribution in [0.25, 0.3) is 0 Å². The summed E-state index contributed by atoms with van der Waals surface area (Å²) < 4.78 is 26.6. The molecule has 0 saturated heterocycles. The predicted octanol–water partition coefficient (Wildman–Crippen LogP) is 5.04. The van der Waals surface area contributed by atoms with Gasteiger partial charge in [-0.2, -0.15) is 0 Å². The van der Waals surface area contributed by atoms with Crippen molar-refractivity contribution in [1.29, 1.82) is 0 Å². The second-order valence-corrected chi connectivity index (χ2v) is 6.75. The quantitative estimate of drug-likeness (QED) is 0.820. The number of alkyl halides is 2. The highest BCUT2D eigenvalue weighted by Crippen LogP contribution is 2.42. The molecular weight excluding hydrogens is 268 g/mol. The fourth-order valence-electron chi connectivity index (χ4n) is 3.79. The molecule has 3 heteroatoms. The van der Waals surface area contributed by atoms with Crippen LogP contribution in [0, 0.1) is 5.92 Å². The molecule has 1 unspecified atom stereocenters. The maximum atomic E-state index is 13.3. The van der Waals surface area contributed by atoms with Crippen LogP contribution in [-0.4, -0.2) is 13.0 Å². The summed E-state index contributed by atoms with van der Waals surface area (Å²) in [6, 6.07) is 9.07. The van der Waals surface area contributed by atoms with Crippen LogP contribution in [0.3, 0.4) is 0 Å². The first kappa shape index (κ1) is 15.0. The van der Waals surface area contributed by atoms with Crippen molar-refractivity contribution in [1.82, 2.24) is 5.32 Å². The second-order valence-electron chi connectivity index (χ2n) is 6.75. The Bertz CT molecular complexity index is 455. The fourth-order valence-corrected chi connectivity index (χ4v) is 3.79. The van der Waals surface area contributed by atoms with Crippen LogP contribution < -0.4 is 5.32 Å². The van der Waals surface area contributed by atoms with Gasteiger partial charge in [-0.25, -0.2) is 8.78 Å². The topological polar surface area (TPSA) is 12.0 Å². The lowest BCUT2D eigenvalue weighted by molar-refractivity contribution is -0.0495. The zero-order valence-electron chi connectivity index (χ0n) is 12.7. The average Bonchev–Trinajstić information content (AvgIpc) is 2.41. The van der Waals surface area contributed by atoms with Crippen LogP contribution in [0.15, 0.2) is 24.3 Å². The van der Waals surface area contributed by atoms with Gasteiger partial charge in [0.15, 0.2) is 0 Å². The van der Waals surface area contributed by atoms with Crippen molar-refractivity contribution in [3.05, 3.63) is 35.4 Å². The van der Waals surface area contributed by atoms with E-state index in [1.54, 1.807) is 0 Å². The van der Waals surface area contributed by atoms with Gasteiger partial charge in [-0.15, -0.1) is 0 Å². The summed E-state index contributed by atoms with van der Waals surface area (Å²) in [6.07, 6.45) is 5.28. The van der Waals surface area contributed by atoms with E-state index < -0.39 is 5.92 Å². The Morgan fingerprint density at radius 2 is 1.67 bits per heavy atom. The number of hydrogen-bond acceptors (Lipinski definition) is 1. The molecule has 2 saturated carbocycles. The van der Waals surface area contributed by atoms with Gasteiger partial charge in [-0.05, 0) is 55.7 Å². The van der Waals surface area contributed by atoms with Crippen molar-refractivity contribution in [3.63, 3.8) is 0 Å². The Labute approximate surface area is 126 Å². The van der Waals surface area contributed by atoms with Crippen LogP contribution in [0.5, 0.6) is 0 Å². The molecule has 0 spiro atoms. The Morgan fingerprint density at radius 3 is 2.14 bits per heavy atom. The van der Waals surface area contributed by atoms with Crippen molar-refractivity contribution < 1.29 is 8.78 Å². The van der Waals surface area contributed by atoms with Crippen molar-refractivity contribution >= 4 is 0 Å². The highest BCUT2D eigenvalue weighted by molar-refractivity contribution is 5.29. The first-order valence-electron chi connectivity index (χ1n) is 8.24. The highest BCUT2D eigenvalue weighted by Gasteiger charge is 2.37. The molecular formula is C18H25F2N. The minimum atomic E-state index is -2.44. The maximum Gasteiger partial charge on any atom is 0.248 e. The lowest BCUT2D eigenvalue weighted by atomic mass is 9.77. The van der Waals surface area contributed by atoms with Gasteiger partial charge in [0.05, 0.1) is 0 Å². The number of hydrogen-bond donors (Lipinski definition) is 1. The van der Waals surface area contributed by atoms with Crippen LogP contribution in [0.1, 0.15) is 68.0 Å². The number of nitrogens with one attached hydrogen (secondary N) is 1. The summed E-state index contributed by atoms with van der Waals surface area (Å²) in [5.74, 6) is -1.37. The highest BCUT2D eigenvalue weighted by atomic mass is 19.3. The predicted molar refractivity (Wildman–Crippen MR) is 81.7 cm³/mol. The first-order valence-corrected chi connectivity index (χ1v) is 8.24. The number of rotatable bonds is 4. The average molecular weight is 293 g/mol. The summed E-state index contributed by atoms with van der Waals surface area (Å²) in [6.45, 7) is 0. The molecule has 1 nitrogen and oxygen atoms in total. The van der Waals surface area contributed by atoms with Crippen LogP contribution >= 0.6 is 0 Å². The molecule has 0 aliphatic heterocycles. The third-order valence-corrected chi connectivity index (χ3v) is 5.42. The normalized spacial score (nSPS) is 24.5. The van der Waals surface area contributed by atoms with E-state index in [0.29, 0.717) is 18.8 Å². The maximum absolute atomic E-state index is 13.3. The van der Waals surface area contributed by atoms with Crippen molar-refractivity contribution in [2.75, 3.05) is 7.05 Å². The van der Waals surface area contributed by atoms with Gasteiger partial charge in [0.25, 0.3) is 0 Å². The second kappa shape index (κ2) is 6.04. The van der Waals surface area contributed by atoms with Crippen LogP contribution in [0.2, 0.25) is 0 Å². The van der Waals surface area contributed by atoms with Crippen LogP contribution in [-0.2, 0) is 0 Å². The Kier molecular flexibility index (Phi) is 4.30. The third kappa shape index (κ3) is 3.28. The zero-order chi connectivity index (χ0) is 14.9. The standard InChI is InChI=1S/C18H25F2N/c1-21-17(16-9-11-18(19,20)12-10-16)15-7-5-14(6-8-15)13-3-2-4-13/h5-8,13,16-17,21H,2-4,9-12H2,1H3. The summed E-state index contributed by atoms with van der Waals surface area (Å²) in [5.41, 5.74) is 2.69. The fraction of sp³-hybridized carbons (Fsp3) is 0.667. The molecule has 2 fully saturated rings. The van der Waals surface area contributed by atoms with Gasteiger partial charge >= 0.3 is 0 Å². The van der Waals surface area contributed by atoms with E-state index in [9.17, 15) is 8.78 Å². The zero-order valence-corrected chi connectivity index (χ0v) is 12.7. The van der Waals surface area contributed by atoms with E-state index in [-0.39, 0.29) is 18.9 Å². The largest absolute Gasteiger partial charge is 0.313 e. The minimum absolute atomic E-state index is 0.0377. The summed E-state index contributed by atoms with van der Waals surface area (Å²) in [4.78, 5) is 0. The molecule has 3 rings (SSSR count). The molecule has 0 radical (unpaired) electrons. The van der Waals surface area contributed by atoms with Crippen molar-refractivity contribution in [2.24, 2.45) is 5.92 Å². The first-order chi connectivity index (χ1) is 10.1. The molecule has 0 aromatic heterocycles. The molecule has 1 N–H and O–H groups in total. The number of benzene rings is 1. The smallest absolute Gasteiger partial charge is 0.248 e. The van der Waals surface area contributed by atoms with E-state index >= 15 is 0 Å². The SMILES string of the molecule is CNC(c1ccc(C2CCC2)cc1)C1CCC(F)(F)CC1. The lowest BCUT2D eigenvalue weighted by Gasteiger charge is -2.34. The Balaban J connectivity index is 1.68. The third-order valence-electron chi connectivity index (χ3n) is 5.42. The molecule has 2 aliphatic rings. The minimum Gasteiger partial charge on any atom is -0.313 e. The molecule has 1 aromatic carbocycles. The van der Waals surface area contributed by atoms with Crippen molar-refractivity contribution in [3.8, 4) is 0 Å². The molecule has 2 aliphatic carbocycles. The van der Waals surface area contributed by atoms with E-state index in [4.69, 9.17) is 0 Å². The van der Waals surface area contributed by atoms with Crippen LogP contribution in [0.4, 0.5) is 8.78 Å². The molecule has 21 heavy (non-hydrogen) atoms. The monoisotopic (exact) mass is 293 g/mol. The van der Waals surface area contributed by atoms with E-state index in [1.807, 2.05) is 7.05 Å². The van der Waals surface area contributed by atoms with E-state index in [0.717, 1.165) is 5.92 Å². The van der Waals surface area contributed by atoms with Gasteiger partial charge in [-0.1, -0.05) is 30.7 Å². The Hall–Kier alpha value is -0.960. The molecule has 0 bridgehead atoms. The molecule has 1 atom stereocenters. The van der Waals surface area contributed by atoms with Gasteiger partial charge in [0.1, 0.15) is 0 Å². The molecule has 0 heterocycles. The lowest BCUT2D eigenvalue weighted by Crippen LogP contribution is -2.32. The van der Waals surface area contributed by atoms with E-state index in [2.05, 4.69) is 29.6 Å². The van der Waals surface area contributed by atoms with Gasteiger partial charge in [-0.3, -0.25) is 0 Å². The summed E-state index contributed by atoms with van der Waals surface area (Å²) in [5, 5.41) is 3.35. The number of halogens is 2. The van der Waals surface area contributed by atoms with E-state index in [1.165, 1.54) is 30.4 Å². The summed E-state index contributed by atoms with van der Waals surface area (Å²) in [7, 11) is 1.94. The van der Waals surface area contributed by atoms with Crippen molar-refractivity contribution in [2.45, 2.75) is 62.8 Å². The molecule has 1 aromatic rings. The molecule has 0 amide bonds. The Morgan fingerprint density at radius 1 is 1.05 bits per heavy atom.